The summed E-state index contributed by atoms with van der Waals surface area (Å²) in [6.45, 7) is 0.120. The summed E-state index contributed by atoms with van der Waals surface area (Å²) < 4.78 is 17.5. The summed E-state index contributed by atoms with van der Waals surface area (Å²) >= 11 is 0. The highest BCUT2D eigenvalue weighted by molar-refractivity contribution is 5.96. The minimum absolute atomic E-state index is 0.0111. The molecule has 1 unspecified atom stereocenters. The lowest BCUT2D eigenvalue weighted by Gasteiger charge is -2.16. The number of carbonyl (C=O) groups is 2. The molecule has 0 spiro atoms. The minimum atomic E-state index is -1.41. The van der Waals surface area contributed by atoms with Crippen LogP contribution < -0.4 is 4.90 Å². The maximum Gasteiger partial charge on any atom is 0.506 e. The van der Waals surface area contributed by atoms with Crippen LogP contribution in [0.25, 0.3) is 0 Å². The third kappa shape index (κ3) is 2.52. The van der Waals surface area contributed by atoms with Crippen molar-refractivity contribution in [1.82, 2.24) is 0 Å². The normalized spacial score (nSPS) is 19.5. The maximum atomic E-state index is 13.0. The molecule has 1 saturated heterocycles. The van der Waals surface area contributed by atoms with E-state index in [4.69, 9.17) is 5.11 Å². The van der Waals surface area contributed by atoms with Gasteiger partial charge < -0.3 is 14.7 Å². The van der Waals surface area contributed by atoms with Crippen LogP contribution in [0.15, 0.2) is 24.3 Å². The van der Waals surface area contributed by atoms with E-state index in [0.29, 0.717) is 5.69 Å². The van der Waals surface area contributed by atoms with Gasteiger partial charge in [0.15, 0.2) is 0 Å². The molecule has 1 fully saturated rings. The summed E-state index contributed by atoms with van der Waals surface area (Å²) in [5.74, 6) is -0.722. The van der Waals surface area contributed by atoms with Gasteiger partial charge in [-0.1, -0.05) is 6.07 Å². The van der Waals surface area contributed by atoms with Crippen LogP contribution in [0, 0.1) is 5.82 Å². The molecule has 90 valence electrons. The highest BCUT2D eigenvalue weighted by atomic mass is 19.1. The van der Waals surface area contributed by atoms with E-state index in [1.54, 1.807) is 6.07 Å². The van der Waals surface area contributed by atoms with Gasteiger partial charge in [-0.2, -0.15) is 0 Å². The van der Waals surface area contributed by atoms with Crippen LogP contribution in [0.5, 0.6) is 0 Å². The summed E-state index contributed by atoms with van der Waals surface area (Å²) in [6.07, 6.45) is -2.12. The predicted octanol–water partition coefficient (Wildman–Crippen LogP) is 1.63. The molecule has 6 heteroatoms. The number of halogens is 1. The number of amides is 1. The fourth-order valence-electron chi connectivity index (χ4n) is 1.79. The van der Waals surface area contributed by atoms with Crippen molar-refractivity contribution in [1.29, 1.82) is 0 Å². The average Bonchev–Trinajstić information content (AvgIpc) is 2.58. The van der Waals surface area contributed by atoms with E-state index < -0.39 is 18.1 Å². The Kier molecular flexibility index (Phi) is 2.95. The Labute approximate surface area is 96.4 Å². The molecule has 0 saturated carbocycles. The summed E-state index contributed by atoms with van der Waals surface area (Å²) in [5.41, 5.74) is 0.409. The number of ether oxygens (including phenoxy) is 1. The van der Waals surface area contributed by atoms with Crippen LogP contribution in [-0.2, 0) is 9.53 Å². The Bertz CT molecular complexity index is 463. The third-order valence-electron chi connectivity index (χ3n) is 2.48. The van der Waals surface area contributed by atoms with Gasteiger partial charge in [0.25, 0.3) is 0 Å². The van der Waals surface area contributed by atoms with Gasteiger partial charge in [0.2, 0.25) is 5.91 Å². The molecule has 17 heavy (non-hydrogen) atoms. The van der Waals surface area contributed by atoms with Crippen molar-refractivity contribution in [2.75, 3.05) is 11.4 Å². The lowest BCUT2D eigenvalue weighted by Crippen LogP contribution is -2.26. The van der Waals surface area contributed by atoms with Gasteiger partial charge in [-0.25, -0.2) is 9.18 Å². The Hall–Kier alpha value is -2.11. The van der Waals surface area contributed by atoms with Gasteiger partial charge >= 0.3 is 6.16 Å². The lowest BCUT2D eigenvalue weighted by atomic mass is 10.3. The molecular weight excluding hydrogens is 229 g/mol. The van der Waals surface area contributed by atoms with Gasteiger partial charge in [0, 0.05) is 5.69 Å². The van der Waals surface area contributed by atoms with Gasteiger partial charge in [-0.3, -0.25) is 4.79 Å². The standard InChI is InChI=1S/C11H10FNO4/c12-7-2-1-3-8(4-7)13-6-9(5-10(13)14)17-11(15)16/h1-4,9H,5-6H2,(H,15,16). The van der Waals surface area contributed by atoms with Crippen molar-refractivity contribution in [3.8, 4) is 0 Å². The lowest BCUT2D eigenvalue weighted by molar-refractivity contribution is -0.117. The number of carboxylic acid groups (broad SMARTS) is 1. The van der Waals surface area contributed by atoms with E-state index in [9.17, 15) is 14.0 Å². The first-order valence-corrected chi connectivity index (χ1v) is 5.02. The van der Waals surface area contributed by atoms with E-state index in [2.05, 4.69) is 4.74 Å². The van der Waals surface area contributed by atoms with Gasteiger partial charge in [0.1, 0.15) is 11.9 Å². The van der Waals surface area contributed by atoms with Crippen LogP contribution >= 0.6 is 0 Å². The van der Waals surface area contributed by atoms with Crippen molar-refractivity contribution >= 4 is 17.7 Å². The first-order valence-electron chi connectivity index (χ1n) is 5.02. The monoisotopic (exact) mass is 239 g/mol. The number of hydrogen-bond acceptors (Lipinski definition) is 3. The van der Waals surface area contributed by atoms with Crippen LogP contribution in [-0.4, -0.2) is 29.8 Å². The van der Waals surface area contributed by atoms with E-state index in [0.717, 1.165) is 0 Å². The molecule has 1 amide bonds. The molecular formula is C11H10FNO4. The Morgan fingerprint density at radius 2 is 2.29 bits per heavy atom. The molecule has 0 radical (unpaired) electrons. The van der Waals surface area contributed by atoms with Crippen molar-refractivity contribution in [2.45, 2.75) is 12.5 Å². The molecule has 1 aromatic rings. The number of anilines is 1. The van der Waals surface area contributed by atoms with Gasteiger partial charge in [-0.05, 0) is 18.2 Å². The molecule has 1 atom stereocenters. The molecule has 5 nitrogen and oxygen atoms in total. The van der Waals surface area contributed by atoms with Crippen molar-refractivity contribution in [3.05, 3.63) is 30.1 Å². The SMILES string of the molecule is O=C(O)OC1CC(=O)N(c2cccc(F)c2)C1. The Morgan fingerprint density at radius 1 is 1.53 bits per heavy atom. The maximum absolute atomic E-state index is 13.0. The molecule has 1 N–H and O–H groups in total. The highest BCUT2D eigenvalue weighted by Gasteiger charge is 2.33. The van der Waals surface area contributed by atoms with E-state index >= 15 is 0 Å². The first-order chi connectivity index (χ1) is 8.06. The fourth-order valence-corrected chi connectivity index (χ4v) is 1.79. The largest absolute Gasteiger partial charge is 0.506 e. The molecule has 2 rings (SSSR count). The predicted molar refractivity (Wildman–Crippen MR) is 56.3 cm³/mol. The minimum Gasteiger partial charge on any atom is -0.450 e. The summed E-state index contributed by atoms with van der Waals surface area (Å²) in [5, 5.41) is 8.45. The van der Waals surface area contributed by atoms with Crippen LogP contribution in [0.4, 0.5) is 14.9 Å². The van der Waals surface area contributed by atoms with Crippen molar-refractivity contribution < 1.29 is 23.8 Å². The average molecular weight is 239 g/mol. The molecule has 1 heterocycles. The van der Waals surface area contributed by atoms with Crippen molar-refractivity contribution in [3.63, 3.8) is 0 Å². The zero-order chi connectivity index (χ0) is 12.4. The van der Waals surface area contributed by atoms with E-state index in [-0.39, 0.29) is 18.9 Å². The van der Waals surface area contributed by atoms with E-state index in [1.165, 1.54) is 23.1 Å². The van der Waals surface area contributed by atoms with E-state index in [1.807, 2.05) is 0 Å². The zero-order valence-electron chi connectivity index (χ0n) is 8.80. The Morgan fingerprint density at radius 3 is 2.94 bits per heavy atom. The summed E-state index contributed by atoms with van der Waals surface area (Å²) in [7, 11) is 0. The smallest absolute Gasteiger partial charge is 0.450 e. The zero-order valence-corrected chi connectivity index (χ0v) is 8.80. The van der Waals surface area contributed by atoms with Crippen LogP contribution in [0.3, 0.4) is 0 Å². The molecule has 0 bridgehead atoms. The first kappa shape index (κ1) is 11.4. The molecule has 0 aromatic heterocycles. The topological polar surface area (TPSA) is 66.8 Å². The number of rotatable bonds is 2. The molecule has 1 aliphatic heterocycles. The molecule has 1 aliphatic rings. The second kappa shape index (κ2) is 4.40. The third-order valence-corrected chi connectivity index (χ3v) is 2.48. The number of benzene rings is 1. The second-order valence-corrected chi connectivity index (χ2v) is 3.69. The van der Waals surface area contributed by atoms with Gasteiger partial charge in [-0.15, -0.1) is 0 Å². The fraction of sp³-hybridized carbons (Fsp3) is 0.273. The van der Waals surface area contributed by atoms with Crippen LogP contribution in [0.1, 0.15) is 6.42 Å². The number of hydrogen-bond donors (Lipinski definition) is 1. The summed E-state index contributed by atoms with van der Waals surface area (Å²) in [4.78, 5) is 23.3. The number of carbonyl (C=O) groups excluding carboxylic acids is 1. The van der Waals surface area contributed by atoms with Gasteiger partial charge in [0.05, 0.1) is 13.0 Å². The Balaban J connectivity index is 2.13. The number of nitrogens with zero attached hydrogens (tertiary/aromatic N) is 1. The highest BCUT2D eigenvalue weighted by Crippen LogP contribution is 2.23. The molecule has 0 aliphatic carbocycles. The quantitative estimate of drug-likeness (QED) is 0.796. The second-order valence-electron chi connectivity index (χ2n) is 3.69. The van der Waals surface area contributed by atoms with Crippen LogP contribution in [0.2, 0.25) is 0 Å². The van der Waals surface area contributed by atoms with Crippen molar-refractivity contribution in [2.24, 2.45) is 0 Å². The summed E-state index contributed by atoms with van der Waals surface area (Å²) in [6, 6.07) is 5.57. The molecule has 1 aromatic carbocycles.